The summed E-state index contributed by atoms with van der Waals surface area (Å²) in [6, 6.07) is 15.6. The van der Waals surface area contributed by atoms with Crippen LogP contribution in [0.3, 0.4) is 0 Å². The summed E-state index contributed by atoms with van der Waals surface area (Å²) in [5.74, 6) is -0.578. The van der Waals surface area contributed by atoms with Crippen molar-refractivity contribution in [2.75, 3.05) is 6.54 Å². The number of ether oxygens (including phenoxy) is 1. The first-order chi connectivity index (χ1) is 11.5. The van der Waals surface area contributed by atoms with Gasteiger partial charge in [-0.25, -0.2) is 0 Å². The second kappa shape index (κ2) is 8.87. The van der Waals surface area contributed by atoms with Crippen LogP contribution in [0.1, 0.15) is 28.7 Å². The molecule has 0 aliphatic rings. The monoisotopic (exact) mass is 325 g/mol. The average Bonchev–Trinajstić information content (AvgIpc) is 2.58. The van der Waals surface area contributed by atoms with Gasteiger partial charge in [0, 0.05) is 6.42 Å². The first kappa shape index (κ1) is 17.7. The summed E-state index contributed by atoms with van der Waals surface area (Å²) in [5, 5.41) is 2.61. The van der Waals surface area contributed by atoms with Crippen LogP contribution in [0.15, 0.2) is 48.5 Å². The zero-order chi connectivity index (χ0) is 17.4. The smallest absolute Gasteiger partial charge is 0.325 e. The van der Waals surface area contributed by atoms with Gasteiger partial charge in [0.05, 0.1) is 0 Å². The Kier molecular flexibility index (Phi) is 6.55. The molecule has 0 heterocycles. The third kappa shape index (κ3) is 5.88. The van der Waals surface area contributed by atoms with Crippen molar-refractivity contribution in [2.24, 2.45) is 0 Å². The molecular weight excluding hydrogens is 302 g/mol. The Hall–Kier alpha value is -2.62. The van der Waals surface area contributed by atoms with Crippen LogP contribution in [0.2, 0.25) is 0 Å². The summed E-state index contributed by atoms with van der Waals surface area (Å²) in [7, 11) is 0. The van der Waals surface area contributed by atoms with Crippen molar-refractivity contribution < 1.29 is 14.3 Å². The van der Waals surface area contributed by atoms with Gasteiger partial charge in [-0.1, -0.05) is 54.1 Å². The Morgan fingerprint density at radius 2 is 1.79 bits per heavy atom. The fourth-order valence-electron chi connectivity index (χ4n) is 2.42. The normalized spacial score (nSPS) is 10.2. The Bertz CT molecular complexity index is 695. The lowest BCUT2D eigenvalue weighted by molar-refractivity contribution is -0.145. The number of aryl methyl sites for hydroxylation is 3. The Labute approximate surface area is 142 Å². The van der Waals surface area contributed by atoms with Gasteiger partial charge in [0.2, 0.25) is 5.91 Å². The molecule has 0 saturated carbocycles. The number of carbonyl (C=O) groups is 2. The molecule has 4 heteroatoms. The van der Waals surface area contributed by atoms with E-state index >= 15 is 0 Å². The molecule has 2 aromatic carbocycles. The van der Waals surface area contributed by atoms with Crippen molar-refractivity contribution in [3.05, 3.63) is 70.8 Å². The number of hydrogen-bond acceptors (Lipinski definition) is 3. The quantitative estimate of drug-likeness (QED) is 0.796. The molecule has 0 fully saturated rings. The molecule has 126 valence electrons. The summed E-state index contributed by atoms with van der Waals surface area (Å²) in [5.41, 5.74) is 4.47. The van der Waals surface area contributed by atoms with Gasteiger partial charge < -0.3 is 10.1 Å². The fraction of sp³-hybridized carbons (Fsp3) is 0.300. The van der Waals surface area contributed by atoms with E-state index in [9.17, 15) is 9.59 Å². The van der Waals surface area contributed by atoms with Crippen molar-refractivity contribution in [2.45, 2.75) is 33.3 Å². The molecule has 0 saturated heterocycles. The lowest BCUT2D eigenvalue weighted by Crippen LogP contribution is -2.30. The molecule has 0 unspecified atom stereocenters. The van der Waals surface area contributed by atoms with Gasteiger partial charge in [-0.2, -0.15) is 0 Å². The van der Waals surface area contributed by atoms with E-state index in [0.29, 0.717) is 12.8 Å². The minimum Gasteiger partial charge on any atom is -0.460 e. The highest BCUT2D eigenvalue weighted by Crippen LogP contribution is 2.12. The zero-order valence-electron chi connectivity index (χ0n) is 14.2. The van der Waals surface area contributed by atoms with E-state index in [4.69, 9.17) is 4.74 Å². The van der Waals surface area contributed by atoms with Crippen LogP contribution >= 0.6 is 0 Å². The highest BCUT2D eigenvalue weighted by atomic mass is 16.5. The molecule has 0 aromatic heterocycles. The van der Waals surface area contributed by atoms with E-state index in [0.717, 1.165) is 11.1 Å². The van der Waals surface area contributed by atoms with Crippen molar-refractivity contribution in [3.8, 4) is 0 Å². The first-order valence-corrected chi connectivity index (χ1v) is 8.07. The van der Waals surface area contributed by atoms with Crippen LogP contribution < -0.4 is 5.32 Å². The standard InChI is InChI=1S/C20H23NO3/c1-15-8-9-18(16(2)12-15)10-11-19(22)21-13-20(23)24-14-17-6-4-3-5-7-17/h3-9,12H,10-11,13-14H2,1-2H3,(H,21,22). The third-order valence-electron chi connectivity index (χ3n) is 3.79. The number of nitrogens with one attached hydrogen (secondary N) is 1. The molecule has 0 bridgehead atoms. The van der Waals surface area contributed by atoms with Crippen molar-refractivity contribution in [3.63, 3.8) is 0 Å². The summed E-state index contributed by atoms with van der Waals surface area (Å²) in [6.07, 6.45) is 1.02. The van der Waals surface area contributed by atoms with E-state index < -0.39 is 5.97 Å². The Balaban J connectivity index is 1.68. The molecule has 0 atom stereocenters. The summed E-state index contributed by atoms with van der Waals surface area (Å²) in [6.45, 7) is 4.21. The Morgan fingerprint density at radius 3 is 2.50 bits per heavy atom. The SMILES string of the molecule is Cc1ccc(CCC(=O)NCC(=O)OCc2ccccc2)c(C)c1. The van der Waals surface area contributed by atoms with Gasteiger partial charge >= 0.3 is 5.97 Å². The second-order valence-electron chi connectivity index (χ2n) is 5.85. The molecule has 4 nitrogen and oxygen atoms in total. The van der Waals surface area contributed by atoms with E-state index in [-0.39, 0.29) is 19.1 Å². The van der Waals surface area contributed by atoms with Crippen LogP contribution in [-0.4, -0.2) is 18.4 Å². The fourth-order valence-corrected chi connectivity index (χ4v) is 2.42. The third-order valence-corrected chi connectivity index (χ3v) is 3.79. The highest BCUT2D eigenvalue weighted by Gasteiger charge is 2.08. The number of amides is 1. The molecular formula is C20H23NO3. The van der Waals surface area contributed by atoms with Gasteiger partial charge in [0.25, 0.3) is 0 Å². The number of carbonyl (C=O) groups excluding carboxylic acids is 2. The summed E-state index contributed by atoms with van der Waals surface area (Å²) < 4.78 is 5.12. The molecule has 2 aromatic rings. The number of benzene rings is 2. The zero-order valence-corrected chi connectivity index (χ0v) is 14.2. The van der Waals surface area contributed by atoms with E-state index in [2.05, 4.69) is 11.4 Å². The maximum Gasteiger partial charge on any atom is 0.325 e. The minimum atomic E-state index is -0.432. The molecule has 2 rings (SSSR count). The maximum absolute atomic E-state index is 11.9. The van der Waals surface area contributed by atoms with Gasteiger partial charge in [-0.15, -0.1) is 0 Å². The molecule has 0 radical (unpaired) electrons. The van der Waals surface area contributed by atoms with Crippen LogP contribution in [0, 0.1) is 13.8 Å². The maximum atomic E-state index is 11.9. The summed E-state index contributed by atoms with van der Waals surface area (Å²) in [4.78, 5) is 23.5. The summed E-state index contributed by atoms with van der Waals surface area (Å²) >= 11 is 0. The van der Waals surface area contributed by atoms with Crippen molar-refractivity contribution in [1.29, 1.82) is 0 Å². The van der Waals surface area contributed by atoms with Crippen LogP contribution in [0.25, 0.3) is 0 Å². The van der Waals surface area contributed by atoms with Crippen molar-refractivity contribution >= 4 is 11.9 Å². The van der Waals surface area contributed by atoms with Gasteiger partial charge in [-0.3, -0.25) is 9.59 Å². The number of rotatable bonds is 7. The van der Waals surface area contributed by atoms with Crippen LogP contribution in [-0.2, 0) is 27.4 Å². The van der Waals surface area contributed by atoms with Gasteiger partial charge in [0.1, 0.15) is 13.2 Å². The molecule has 1 N–H and O–H groups in total. The lowest BCUT2D eigenvalue weighted by Gasteiger charge is -2.08. The van der Waals surface area contributed by atoms with Crippen LogP contribution in [0.5, 0.6) is 0 Å². The second-order valence-corrected chi connectivity index (χ2v) is 5.85. The van der Waals surface area contributed by atoms with Gasteiger partial charge in [0.15, 0.2) is 0 Å². The molecule has 0 aliphatic carbocycles. The largest absolute Gasteiger partial charge is 0.460 e. The number of esters is 1. The van der Waals surface area contributed by atoms with E-state index in [1.54, 1.807) is 0 Å². The lowest BCUT2D eigenvalue weighted by atomic mass is 10.0. The highest BCUT2D eigenvalue weighted by molar-refractivity contribution is 5.82. The predicted molar refractivity (Wildman–Crippen MR) is 93.5 cm³/mol. The molecule has 0 aliphatic heterocycles. The molecule has 1 amide bonds. The first-order valence-electron chi connectivity index (χ1n) is 8.07. The minimum absolute atomic E-state index is 0.0987. The molecule has 24 heavy (non-hydrogen) atoms. The average molecular weight is 325 g/mol. The molecule has 0 spiro atoms. The predicted octanol–water partition coefficient (Wildman–Crippen LogP) is 3.10. The van der Waals surface area contributed by atoms with Crippen LogP contribution in [0.4, 0.5) is 0 Å². The Morgan fingerprint density at radius 1 is 1.04 bits per heavy atom. The topological polar surface area (TPSA) is 55.4 Å². The van der Waals surface area contributed by atoms with Gasteiger partial charge in [-0.05, 0) is 37.0 Å². The van der Waals surface area contributed by atoms with Crippen molar-refractivity contribution in [1.82, 2.24) is 5.32 Å². The van der Waals surface area contributed by atoms with E-state index in [1.807, 2.05) is 56.3 Å². The van der Waals surface area contributed by atoms with E-state index in [1.165, 1.54) is 11.1 Å². The number of hydrogen-bond donors (Lipinski definition) is 1.